The Labute approximate surface area is 181 Å². The molecular weight excluding hydrogens is 374 g/mol. The van der Waals surface area contributed by atoms with Gasteiger partial charge in [-0.05, 0) is 53.2 Å². The van der Waals surface area contributed by atoms with E-state index in [-0.39, 0.29) is 0 Å². The van der Waals surface area contributed by atoms with E-state index < -0.39 is 0 Å². The second kappa shape index (κ2) is 7.20. The molecule has 0 aliphatic heterocycles. The zero-order valence-corrected chi connectivity index (χ0v) is 16.9. The van der Waals surface area contributed by atoms with Crippen molar-refractivity contribution >= 4 is 32.6 Å². The summed E-state index contributed by atoms with van der Waals surface area (Å²) < 4.78 is 2.33. The molecule has 31 heavy (non-hydrogen) atoms. The smallest absolute Gasteiger partial charge is 0.0541 e. The lowest BCUT2D eigenvalue weighted by molar-refractivity contribution is 1.18. The molecule has 0 unspecified atom stereocenters. The first-order chi connectivity index (χ1) is 15.4. The van der Waals surface area contributed by atoms with Crippen molar-refractivity contribution in [3.63, 3.8) is 0 Å². The number of rotatable bonds is 1. The molecule has 1 heterocycles. The summed E-state index contributed by atoms with van der Waals surface area (Å²) in [4.78, 5) is 0. The molecular formula is C30H19N. The largest absolute Gasteiger partial charge is 0.309 e. The molecule has 0 radical (unpaired) electrons. The third-order valence-corrected chi connectivity index (χ3v) is 5.84. The molecule has 0 N–H and O–H groups in total. The van der Waals surface area contributed by atoms with Crippen LogP contribution in [0, 0.1) is 11.8 Å². The van der Waals surface area contributed by atoms with Crippen molar-refractivity contribution < 1.29 is 0 Å². The maximum atomic E-state index is 3.36. The van der Waals surface area contributed by atoms with E-state index in [4.69, 9.17) is 0 Å². The highest BCUT2D eigenvalue weighted by molar-refractivity contribution is 6.09. The Morgan fingerprint density at radius 1 is 0.452 bits per heavy atom. The zero-order valence-electron chi connectivity index (χ0n) is 16.9. The van der Waals surface area contributed by atoms with Gasteiger partial charge in [-0.1, -0.05) is 84.6 Å². The number of nitrogens with zero attached hydrogens (tertiary/aromatic N) is 1. The van der Waals surface area contributed by atoms with Gasteiger partial charge in [0.25, 0.3) is 0 Å². The van der Waals surface area contributed by atoms with Crippen LogP contribution in [0.15, 0.2) is 115 Å². The average molecular weight is 393 g/mol. The van der Waals surface area contributed by atoms with E-state index >= 15 is 0 Å². The van der Waals surface area contributed by atoms with Gasteiger partial charge in [0.05, 0.1) is 11.0 Å². The monoisotopic (exact) mass is 393 g/mol. The van der Waals surface area contributed by atoms with E-state index in [0.29, 0.717) is 0 Å². The van der Waals surface area contributed by atoms with Gasteiger partial charge in [-0.25, -0.2) is 0 Å². The number of aromatic nitrogens is 1. The highest BCUT2D eigenvalue weighted by atomic mass is 15.0. The summed E-state index contributed by atoms with van der Waals surface area (Å²) in [6, 6.07) is 40.3. The standard InChI is InChI=1S/C30H19N/c1-2-11-26-23(8-1)9-7-10-24(26)19-16-22-17-20-25(21-18-22)31-29-14-5-3-12-27(29)28-13-4-6-15-30(28)31/h1-15,17-18,20-21H. The average Bonchev–Trinajstić information content (AvgIpc) is 3.18. The van der Waals surface area contributed by atoms with Crippen LogP contribution in [0.5, 0.6) is 0 Å². The topological polar surface area (TPSA) is 4.93 Å². The van der Waals surface area contributed by atoms with Gasteiger partial charge in [-0.3, -0.25) is 0 Å². The third-order valence-electron chi connectivity index (χ3n) is 5.84. The summed E-state index contributed by atoms with van der Waals surface area (Å²) in [5.41, 5.74) is 5.66. The van der Waals surface area contributed by atoms with Crippen LogP contribution in [-0.4, -0.2) is 4.57 Å². The number of para-hydroxylation sites is 2. The van der Waals surface area contributed by atoms with Gasteiger partial charge in [0, 0.05) is 27.6 Å². The fourth-order valence-electron chi connectivity index (χ4n) is 4.37. The summed E-state index contributed by atoms with van der Waals surface area (Å²) in [5, 5.41) is 4.96. The minimum absolute atomic E-state index is 1.01. The lowest BCUT2D eigenvalue weighted by atomic mass is 10.0. The highest BCUT2D eigenvalue weighted by Gasteiger charge is 2.10. The molecule has 144 valence electrons. The maximum Gasteiger partial charge on any atom is 0.0541 e. The number of hydrogen-bond donors (Lipinski definition) is 0. The first kappa shape index (κ1) is 17.6. The van der Waals surface area contributed by atoms with Crippen LogP contribution in [0.3, 0.4) is 0 Å². The fraction of sp³-hybridized carbons (Fsp3) is 0. The highest BCUT2D eigenvalue weighted by Crippen LogP contribution is 2.31. The molecule has 0 aliphatic rings. The quantitative estimate of drug-likeness (QED) is 0.258. The normalized spacial score (nSPS) is 11.0. The lowest BCUT2D eigenvalue weighted by Crippen LogP contribution is -1.93. The number of benzene rings is 5. The molecule has 0 atom stereocenters. The van der Waals surface area contributed by atoms with Crippen LogP contribution in [0.2, 0.25) is 0 Å². The first-order valence-corrected chi connectivity index (χ1v) is 10.5. The van der Waals surface area contributed by atoms with E-state index in [1.807, 2.05) is 0 Å². The van der Waals surface area contributed by atoms with Gasteiger partial charge < -0.3 is 4.57 Å². The molecule has 5 aromatic carbocycles. The van der Waals surface area contributed by atoms with Gasteiger partial charge in [-0.15, -0.1) is 0 Å². The Morgan fingerprint density at radius 3 is 1.74 bits per heavy atom. The third kappa shape index (κ3) is 2.98. The maximum absolute atomic E-state index is 3.36. The molecule has 1 aromatic heterocycles. The van der Waals surface area contributed by atoms with Gasteiger partial charge in [-0.2, -0.15) is 0 Å². The molecule has 0 fully saturated rings. The van der Waals surface area contributed by atoms with Crippen molar-refractivity contribution in [2.24, 2.45) is 0 Å². The van der Waals surface area contributed by atoms with E-state index in [2.05, 4.69) is 132 Å². The van der Waals surface area contributed by atoms with E-state index in [0.717, 1.165) is 16.8 Å². The van der Waals surface area contributed by atoms with Crippen molar-refractivity contribution in [3.05, 3.63) is 126 Å². The molecule has 0 bridgehead atoms. The molecule has 1 nitrogen and oxygen atoms in total. The second-order valence-corrected chi connectivity index (χ2v) is 7.69. The van der Waals surface area contributed by atoms with Crippen LogP contribution < -0.4 is 0 Å². The Morgan fingerprint density at radius 2 is 1.03 bits per heavy atom. The van der Waals surface area contributed by atoms with Gasteiger partial charge >= 0.3 is 0 Å². The molecule has 0 amide bonds. The van der Waals surface area contributed by atoms with E-state index in [1.54, 1.807) is 0 Å². The predicted octanol–water partition coefficient (Wildman–Crippen LogP) is 7.34. The van der Waals surface area contributed by atoms with E-state index in [9.17, 15) is 0 Å². The van der Waals surface area contributed by atoms with Crippen LogP contribution in [0.4, 0.5) is 0 Å². The minimum atomic E-state index is 1.01. The SMILES string of the molecule is C(#Cc1cccc2ccccc12)c1ccc(-n2c3ccccc3c3ccccc32)cc1. The fourth-order valence-corrected chi connectivity index (χ4v) is 4.37. The summed E-state index contributed by atoms with van der Waals surface area (Å²) in [5.74, 6) is 6.70. The van der Waals surface area contributed by atoms with Crippen LogP contribution in [0.1, 0.15) is 11.1 Å². The Balaban J connectivity index is 1.43. The summed E-state index contributed by atoms with van der Waals surface area (Å²) in [6.07, 6.45) is 0. The lowest BCUT2D eigenvalue weighted by Gasteiger charge is -2.07. The predicted molar refractivity (Wildman–Crippen MR) is 131 cm³/mol. The summed E-state index contributed by atoms with van der Waals surface area (Å²) in [7, 11) is 0. The summed E-state index contributed by atoms with van der Waals surface area (Å²) in [6.45, 7) is 0. The van der Waals surface area contributed by atoms with Crippen molar-refractivity contribution in [1.82, 2.24) is 4.57 Å². The first-order valence-electron chi connectivity index (χ1n) is 10.5. The molecule has 6 rings (SSSR count). The Kier molecular flexibility index (Phi) is 4.08. The van der Waals surface area contributed by atoms with Crippen molar-refractivity contribution in [2.75, 3.05) is 0 Å². The van der Waals surface area contributed by atoms with Crippen molar-refractivity contribution in [3.8, 4) is 17.5 Å². The molecule has 0 aliphatic carbocycles. The van der Waals surface area contributed by atoms with Crippen molar-refractivity contribution in [2.45, 2.75) is 0 Å². The van der Waals surface area contributed by atoms with Crippen molar-refractivity contribution in [1.29, 1.82) is 0 Å². The second-order valence-electron chi connectivity index (χ2n) is 7.69. The van der Waals surface area contributed by atoms with Gasteiger partial charge in [0.1, 0.15) is 0 Å². The number of hydrogen-bond acceptors (Lipinski definition) is 0. The number of fused-ring (bicyclic) bond motifs is 4. The molecule has 6 aromatic rings. The Bertz CT molecular complexity index is 1560. The van der Waals surface area contributed by atoms with Gasteiger partial charge in [0.2, 0.25) is 0 Å². The van der Waals surface area contributed by atoms with E-state index in [1.165, 1.54) is 32.6 Å². The summed E-state index contributed by atoms with van der Waals surface area (Å²) >= 11 is 0. The zero-order chi connectivity index (χ0) is 20.6. The van der Waals surface area contributed by atoms with Crippen LogP contribution in [-0.2, 0) is 0 Å². The van der Waals surface area contributed by atoms with Gasteiger partial charge in [0.15, 0.2) is 0 Å². The van der Waals surface area contributed by atoms with Crippen LogP contribution >= 0.6 is 0 Å². The minimum Gasteiger partial charge on any atom is -0.309 e. The molecule has 0 spiro atoms. The molecule has 1 heteroatoms. The Hall–Kier alpha value is -4.28. The molecule has 0 saturated heterocycles. The molecule has 0 saturated carbocycles. The van der Waals surface area contributed by atoms with Crippen LogP contribution in [0.25, 0.3) is 38.3 Å².